The summed E-state index contributed by atoms with van der Waals surface area (Å²) in [6.45, 7) is 5.65. The van der Waals surface area contributed by atoms with Crippen LogP contribution in [0.1, 0.15) is 26.5 Å². The minimum atomic E-state index is -1.55. The zero-order valence-electron chi connectivity index (χ0n) is 13.5. The van der Waals surface area contributed by atoms with Crippen molar-refractivity contribution in [2.75, 3.05) is 0 Å². The highest BCUT2D eigenvalue weighted by Crippen LogP contribution is 2.30. The van der Waals surface area contributed by atoms with Gasteiger partial charge in [-0.05, 0) is 26.3 Å². The van der Waals surface area contributed by atoms with Crippen molar-refractivity contribution >= 4 is 29.1 Å². The van der Waals surface area contributed by atoms with Crippen LogP contribution >= 0.6 is 11.3 Å². The summed E-state index contributed by atoms with van der Waals surface area (Å²) in [6, 6.07) is 4.39. The molecule has 0 atom stereocenters. The molecular weight excluding hydrogens is 328 g/mol. The number of nitrogens with one attached hydrogen (secondary N) is 1. The van der Waals surface area contributed by atoms with Gasteiger partial charge in [-0.15, -0.1) is 11.3 Å². The van der Waals surface area contributed by atoms with Crippen LogP contribution in [0.3, 0.4) is 0 Å². The van der Waals surface area contributed by atoms with Gasteiger partial charge in [0.1, 0.15) is 9.88 Å². The van der Waals surface area contributed by atoms with E-state index in [0.717, 1.165) is 16.7 Å². The molecule has 2 aromatic rings. The average Bonchev–Trinajstić information content (AvgIpc) is 2.85. The number of aryl methyl sites for hydroxylation is 3. The molecule has 0 aliphatic carbocycles. The maximum Gasteiger partial charge on any atom is 0.264 e. The molecule has 1 aromatic carbocycles. The molecule has 0 bridgehead atoms. The number of carbonyl (C=O) groups excluding carboxylic acids is 3. The molecule has 24 heavy (non-hydrogen) atoms. The van der Waals surface area contributed by atoms with E-state index in [4.69, 9.17) is 11.5 Å². The van der Waals surface area contributed by atoms with Crippen molar-refractivity contribution in [3.05, 3.63) is 39.9 Å². The SMILES string of the molecule is Cc1ccc(-c2nc(C)c(C(=O)NC(C(N)=O)C(N)=O)s2)c(C)c1. The normalized spacial score (nSPS) is 10.7. The van der Waals surface area contributed by atoms with Gasteiger partial charge in [-0.25, -0.2) is 4.98 Å². The molecule has 0 aliphatic heterocycles. The van der Waals surface area contributed by atoms with Crippen LogP contribution in [0.25, 0.3) is 10.6 Å². The summed E-state index contributed by atoms with van der Waals surface area (Å²) in [4.78, 5) is 39.4. The lowest BCUT2D eigenvalue weighted by Gasteiger charge is -2.10. The second kappa shape index (κ2) is 6.79. The van der Waals surface area contributed by atoms with Crippen molar-refractivity contribution in [2.45, 2.75) is 26.8 Å². The zero-order valence-corrected chi connectivity index (χ0v) is 14.4. The minimum Gasteiger partial charge on any atom is -0.367 e. The number of benzene rings is 1. The molecule has 0 spiro atoms. The Morgan fingerprint density at radius 1 is 1.12 bits per heavy atom. The van der Waals surface area contributed by atoms with Crippen LogP contribution in [0.2, 0.25) is 0 Å². The van der Waals surface area contributed by atoms with Crippen LogP contribution in [-0.4, -0.2) is 28.7 Å². The summed E-state index contributed by atoms with van der Waals surface area (Å²) >= 11 is 1.18. The highest BCUT2D eigenvalue weighted by Gasteiger charge is 2.26. The van der Waals surface area contributed by atoms with E-state index in [0.29, 0.717) is 15.6 Å². The van der Waals surface area contributed by atoms with Crippen LogP contribution < -0.4 is 16.8 Å². The van der Waals surface area contributed by atoms with Crippen molar-refractivity contribution in [1.82, 2.24) is 10.3 Å². The lowest BCUT2D eigenvalue weighted by Crippen LogP contribution is -2.52. The molecule has 1 heterocycles. The predicted octanol–water partition coefficient (Wildman–Crippen LogP) is 0.804. The number of hydrogen-bond donors (Lipinski definition) is 3. The second-order valence-corrected chi connectivity index (χ2v) is 6.46. The summed E-state index contributed by atoms with van der Waals surface area (Å²) in [6.07, 6.45) is 0. The number of thiazole rings is 1. The topological polar surface area (TPSA) is 128 Å². The van der Waals surface area contributed by atoms with E-state index in [-0.39, 0.29) is 0 Å². The minimum absolute atomic E-state index is 0.303. The summed E-state index contributed by atoms with van der Waals surface area (Å²) in [5.41, 5.74) is 13.7. The quantitative estimate of drug-likeness (QED) is 0.692. The van der Waals surface area contributed by atoms with Crippen LogP contribution in [0, 0.1) is 20.8 Å². The molecule has 126 valence electrons. The molecule has 1 aromatic heterocycles. The van der Waals surface area contributed by atoms with Crippen LogP contribution in [0.5, 0.6) is 0 Å². The van der Waals surface area contributed by atoms with Gasteiger partial charge in [0, 0.05) is 5.56 Å². The molecule has 0 aliphatic rings. The maximum absolute atomic E-state index is 12.3. The van der Waals surface area contributed by atoms with E-state index in [1.54, 1.807) is 6.92 Å². The third-order valence-electron chi connectivity index (χ3n) is 3.46. The standard InChI is InChI=1S/C16H18N4O3S/c1-7-4-5-10(8(2)6-7)16-19-9(3)12(24-16)15(23)20-11(13(17)21)14(18)22/h4-6,11H,1-3H3,(H2,17,21)(H2,18,22)(H,20,23). The number of amides is 3. The van der Waals surface area contributed by atoms with Gasteiger partial charge in [-0.3, -0.25) is 14.4 Å². The summed E-state index contributed by atoms with van der Waals surface area (Å²) in [7, 11) is 0. The van der Waals surface area contributed by atoms with Gasteiger partial charge < -0.3 is 16.8 Å². The third-order valence-corrected chi connectivity index (χ3v) is 4.65. The number of carbonyl (C=O) groups is 3. The van der Waals surface area contributed by atoms with E-state index < -0.39 is 23.8 Å². The first-order valence-corrected chi connectivity index (χ1v) is 7.97. The molecule has 7 nitrogen and oxygen atoms in total. The number of hydrogen-bond acceptors (Lipinski definition) is 5. The zero-order chi connectivity index (χ0) is 18.0. The fraction of sp³-hybridized carbons (Fsp3) is 0.250. The third kappa shape index (κ3) is 3.60. The molecule has 0 saturated carbocycles. The van der Waals surface area contributed by atoms with E-state index >= 15 is 0 Å². The fourth-order valence-electron chi connectivity index (χ4n) is 2.25. The molecule has 2 rings (SSSR count). The number of nitrogens with two attached hydrogens (primary N) is 2. The Bertz CT molecular complexity index is 815. The van der Waals surface area contributed by atoms with Gasteiger partial charge in [0.15, 0.2) is 6.04 Å². The van der Waals surface area contributed by atoms with Crippen molar-refractivity contribution in [1.29, 1.82) is 0 Å². The van der Waals surface area contributed by atoms with Crippen molar-refractivity contribution in [2.24, 2.45) is 11.5 Å². The van der Waals surface area contributed by atoms with Crippen LogP contribution in [0.4, 0.5) is 0 Å². The largest absolute Gasteiger partial charge is 0.367 e. The van der Waals surface area contributed by atoms with Crippen molar-refractivity contribution in [3.8, 4) is 10.6 Å². The second-order valence-electron chi connectivity index (χ2n) is 5.46. The van der Waals surface area contributed by atoms with Gasteiger partial charge in [0.2, 0.25) is 11.8 Å². The van der Waals surface area contributed by atoms with E-state index in [1.807, 2.05) is 32.0 Å². The van der Waals surface area contributed by atoms with E-state index in [9.17, 15) is 14.4 Å². The van der Waals surface area contributed by atoms with Gasteiger partial charge in [-0.1, -0.05) is 23.8 Å². The van der Waals surface area contributed by atoms with Crippen molar-refractivity contribution < 1.29 is 14.4 Å². The van der Waals surface area contributed by atoms with Crippen molar-refractivity contribution in [3.63, 3.8) is 0 Å². The summed E-state index contributed by atoms with van der Waals surface area (Å²) in [5, 5.41) is 2.93. The Balaban J connectivity index is 2.33. The molecule has 0 unspecified atom stereocenters. The molecule has 3 amide bonds. The Morgan fingerprint density at radius 3 is 2.29 bits per heavy atom. The summed E-state index contributed by atoms with van der Waals surface area (Å²) in [5.74, 6) is -2.62. The number of primary amides is 2. The lowest BCUT2D eigenvalue weighted by atomic mass is 10.1. The first-order valence-electron chi connectivity index (χ1n) is 7.15. The number of rotatable bonds is 5. The van der Waals surface area contributed by atoms with Gasteiger partial charge in [0.25, 0.3) is 5.91 Å². The first-order chi connectivity index (χ1) is 11.2. The molecule has 0 saturated heterocycles. The van der Waals surface area contributed by atoms with Gasteiger partial charge in [-0.2, -0.15) is 0 Å². The Kier molecular flexibility index (Phi) is 4.99. The number of aromatic nitrogens is 1. The molecular formula is C16H18N4O3S. The molecule has 0 radical (unpaired) electrons. The highest BCUT2D eigenvalue weighted by atomic mass is 32.1. The Hall–Kier alpha value is -2.74. The van der Waals surface area contributed by atoms with Crippen LogP contribution in [-0.2, 0) is 9.59 Å². The maximum atomic E-state index is 12.3. The lowest BCUT2D eigenvalue weighted by molar-refractivity contribution is -0.128. The monoisotopic (exact) mass is 346 g/mol. The molecule has 5 N–H and O–H groups in total. The van der Waals surface area contributed by atoms with Gasteiger partial charge in [0.05, 0.1) is 5.69 Å². The van der Waals surface area contributed by atoms with Crippen LogP contribution in [0.15, 0.2) is 18.2 Å². The Labute approximate surface area is 143 Å². The molecule has 8 heteroatoms. The molecule has 0 fully saturated rings. The highest BCUT2D eigenvalue weighted by molar-refractivity contribution is 7.17. The number of nitrogens with zero attached hydrogens (tertiary/aromatic N) is 1. The van der Waals surface area contributed by atoms with E-state index in [2.05, 4.69) is 10.3 Å². The smallest absolute Gasteiger partial charge is 0.264 e. The fourth-order valence-corrected chi connectivity index (χ4v) is 3.31. The first kappa shape index (κ1) is 17.6. The summed E-state index contributed by atoms with van der Waals surface area (Å²) < 4.78 is 0. The predicted molar refractivity (Wildman–Crippen MR) is 91.4 cm³/mol. The Morgan fingerprint density at radius 2 is 1.75 bits per heavy atom. The average molecular weight is 346 g/mol. The van der Waals surface area contributed by atoms with Gasteiger partial charge >= 0.3 is 0 Å². The van der Waals surface area contributed by atoms with E-state index in [1.165, 1.54) is 11.3 Å².